The van der Waals surface area contributed by atoms with Crippen LogP contribution in [-0.2, 0) is 16.0 Å². The van der Waals surface area contributed by atoms with Crippen LogP contribution in [0.3, 0.4) is 0 Å². The molecule has 5 rings (SSSR count). The maximum atomic E-state index is 12.4. The summed E-state index contributed by atoms with van der Waals surface area (Å²) in [6.07, 6.45) is 4.31. The molecular weight excluding hydrogens is 336 g/mol. The summed E-state index contributed by atoms with van der Waals surface area (Å²) >= 11 is 0. The Labute approximate surface area is 149 Å². The molecule has 134 valence electrons. The van der Waals surface area contributed by atoms with E-state index in [4.69, 9.17) is 9.26 Å². The zero-order valence-corrected chi connectivity index (χ0v) is 14.2. The second-order valence-corrected chi connectivity index (χ2v) is 6.66. The van der Waals surface area contributed by atoms with Crippen molar-refractivity contribution in [3.8, 4) is 11.5 Å². The van der Waals surface area contributed by atoms with Gasteiger partial charge in [-0.15, -0.1) is 10.2 Å². The minimum Gasteiger partial charge on any atom is -0.378 e. The van der Waals surface area contributed by atoms with Gasteiger partial charge in [0.1, 0.15) is 5.82 Å². The van der Waals surface area contributed by atoms with Gasteiger partial charge < -0.3 is 14.2 Å². The molecule has 3 aromatic rings. The van der Waals surface area contributed by atoms with Gasteiger partial charge >= 0.3 is 0 Å². The Balaban J connectivity index is 1.37. The van der Waals surface area contributed by atoms with Gasteiger partial charge in [-0.25, -0.2) is 0 Å². The van der Waals surface area contributed by atoms with E-state index in [-0.39, 0.29) is 12.3 Å². The summed E-state index contributed by atoms with van der Waals surface area (Å²) in [5.74, 6) is 2.37. The fourth-order valence-electron chi connectivity index (χ4n) is 3.11. The van der Waals surface area contributed by atoms with E-state index in [1.807, 2.05) is 22.7 Å². The van der Waals surface area contributed by atoms with Gasteiger partial charge in [-0.1, -0.05) is 5.16 Å². The topological polar surface area (TPSA) is 98.6 Å². The number of carbonyl (C=O) groups is 1. The van der Waals surface area contributed by atoms with Gasteiger partial charge in [-0.05, 0) is 25.0 Å². The number of ether oxygens (including phenoxy) is 1. The predicted octanol–water partition coefficient (Wildman–Crippen LogP) is 1.06. The highest BCUT2D eigenvalue weighted by atomic mass is 16.5. The first-order valence-electron chi connectivity index (χ1n) is 8.81. The largest absolute Gasteiger partial charge is 0.378 e. The van der Waals surface area contributed by atoms with Crippen molar-refractivity contribution < 1.29 is 14.1 Å². The molecule has 9 nitrogen and oxygen atoms in total. The Kier molecular flexibility index (Phi) is 3.66. The molecule has 0 unspecified atom stereocenters. The fraction of sp³-hybridized carbons (Fsp3) is 0.471. The molecule has 9 heteroatoms. The highest BCUT2D eigenvalue weighted by Crippen LogP contribution is 2.38. The first-order valence-corrected chi connectivity index (χ1v) is 8.81. The maximum absolute atomic E-state index is 12.4. The number of hydrogen-bond donors (Lipinski definition) is 0. The van der Waals surface area contributed by atoms with Gasteiger partial charge in [-0.2, -0.15) is 4.98 Å². The Bertz CT molecular complexity index is 954. The number of aromatic nitrogens is 5. The molecule has 0 spiro atoms. The second-order valence-electron chi connectivity index (χ2n) is 6.66. The average Bonchev–Trinajstić information content (AvgIpc) is 3.28. The molecule has 1 saturated heterocycles. The van der Waals surface area contributed by atoms with E-state index < -0.39 is 0 Å². The van der Waals surface area contributed by atoms with Gasteiger partial charge in [0.2, 0.25) is 5.91 Å². The Morgan fingerprint density at radius 2 is 2.08 bits per heavy atom. The Morgan fingerprint density at radius 1 is 1.23 bits per heavy atom. The first-order chi connectivity index (χ1) is 12.8. The number of pyridine rings is 1. The molecule has 0 aromatic carbocycles. The first kappa shape index (κ1) is 15.4. The van der Waals surface area contributed by atoms with Crippen molar-refractivity contribution in [3.63, 3.8) is 0 Å². The van der Waals surface area contributed by atoms with E-state index in [1.54, 1.807) is 4.90 Å². The second kappa shape index (κ2) is 6.17. The normalized spacial score (nSPS) is 17.8. The van der Waals surface area contributed by atoms with Crippen molar-refractivity contribution in [2.45, 2.75) is 25.2 Å². The Morgan fingerprint density at radius 3 is 2.88 bits per heavy atom. The van der Waals surface area contributed by atoms with Crippen molar-refractivity contribution in [1.29, 1.82) is 0 Å². The highest BCUT2D eigenvalue weighted by Gasteiger charge is 2.29. The van der Waals surface area contributed by atoms with Gasteiger partial charge in [0.25, 0.3) is 5.89 Å². The zero-order chi connectivity index (χ0) is 17.5. The van der Waals surface area contributed by atoms with Crippen LogP contribution in [0.4, 0.5) is 0 Å². The van der Waals surface area contributed by atoms with Crippen LogP contribution in [0.25, 0.3) is 17.1 Å². The lowest BCUT2D eigenvalue weighted by molar-refractivity contribution is -0.134. The van der Waals surface area contributed by atoms with Crippen LogP contribution in [0, 0.1) is 0 Å². The van der Waals surface area contributed by atoms with E-state index in [2.05, 4.69) is 20.3 Å². The molecule has 0 N–H and O–H groups in total. The van der Waals surface area contributed by atoms with Crippen molar-refractivity contribution in [2.75, 3.05) is 26.3 Å². The lowest BCUT2D eigenvalue weighted by Crippen LogP contribution is -2.41. The molecule has 26 heavy (non-hydrogen) atoms. The molecule has 1 aliphatic heterocycles. The van der Waals surface area contributed by atoms with Crippen LogP contribution < -0.4 is 0 Å². The van der Waals surface area contributed by atoms with E-state index in [1.165, 1.54) is 0 Å². The van der Waals surface area contributed by atoms with Crippen LogP contribution in [0.1, 0.15) is 30.4 Å². The average molecular weight is 354 g/mol. The molecule has 3 aromatic heterocycles. The minimum atomic E-state index is 0.0395. The van der Waals surface area contributed by atoms with Gasteiger partial charge in [-0.3, -0.25) is 9.20 Å². The van der Waals surface area contributed by atoms with E-state index in [0.29, 0.717) is 49.6 Å². The van der Waals surface area contributed by atoms with Gasteiger partial charge in [0, 0.05) is 30.8 Å². The smallest absolute Gasteiger partial charge is 0.258 e. The van der Waals surface area contributed by atoms with Gasteiger partial charge in [0.05, 0.1) is 19.6 Å². The standard InChI is InChI=1S/C17H18N6O3/c24-15(22-5-7-25-8-6-22)10-14-20-19-13-9-12(3-4-23(13)14)17-18-16(21-26-17)11-1-2-11/h3-4,9,11H,1-2,5-8,10H2. The Hall–Kier alpha value is -2.81. The summed E-state index contributed by atoms with van der Waals surface area (Å²) < 4.78 is 12.5. The number of fused-ring (bicyclic) bond motifs is 1. The number of amides is 1. The highest BCUT2D eigenvalue weighted by molar-refractivity contribution is 5.78. The predicted molar refractivity (Wildman–Crippen MR) is 89.4 cm³/mol. The third kappa shape index (κ3) is 2.84. The van der Waals surface area contributed by atoms with Crippen LogP contribution in [-0.4, -0.2) is 61.8 Å². The van der Waals surface area contributed by atoms with E-state index >= 15 is 0 Å². The summed E-state index contributed by atoms with van der Waals surface area (Å²) in [5, 5.41) is 12.4. The van der Waals surface area contributed by atoms with Crippen molar-refractivity contribution in [3.05, 3.63) is 30.0 Å². The third-order valence-corrected chi connectivity index (χ3v) is 4.78. The molecule has 0 bridgehead atoms. The minimum absolute atomic E-state index is 0.0395. The van der Waals surface area contributed by atoms with E-state index in [9.17, 15) is 4.79 Å². The molecule has 1 saturated carbocycles. The lowest BCUT2D eigenvalue weighted by atomic mass is 10.2. The molecular formula is C17H18N6O3. The molecule has 1 aliphatic carbocycles. The summed E-state index contributed by atoms with van der Waals surface area (Å²) in [5.41, 5.74) is 1.45. The SMILES string of the molecule is O=C(Cc1nnc2cc(-c3nc(C4CC4)no3)ccn12)N1CCOCC1. The van der Waals surface area contributed by atoms with Crippen LogP contribution in [0.5, 0.6) is 0 Å². The number of morpholine rings is 1. The molecule has 0 atom stereocenters. The summed E-state index contributed by atoms with van der Waals surface area (Å²) in [6, 6.07) is 3.73. The number of hydrogen-bond acceptors (Lipinski definition) is 7. The number of rotatable bonds is 4. The quantitative estimate of drug-likeness (QED) is 0.691. The zero-order valence-electron chi connectivity index (χ0n) is 14.2. The number of nitrogens with zero attached hydrogens (tertiary/aromatic N) is 6. The summed E-state index contributed by atoms with van der Waals surface area (Å²) in [4.78, 5) is 18.7. The molecule has 2 fully saturated rings. The van der Waals surface area contributed by atoms with Crippen molar-refractivity contribution >= 4 is 11.6 Å². The molecule has 1 amide bonds. The third-order valence-electron chi connectivity index (χ3n) is 4.78. The molecule has 4 heterocycles. The van der Waals surface area contributed by atoms with Crippen molar-refractivity contribution in [1.82, 2.24) is 29.6 Å². The van der Waals surface area contributed by atoms with Crippen LogP contribution in [0.2, 0.25) is 0 Å². The lowest BCUT2D eigenvalue weighted by Gasteiger charge is -2.26. The summed E-state index contributed by atoms with van der Waals surface area (Å²) in [6.45, 7) is 2.42. The fourth-order valence-corrected chi connectivity index (χ4v) is 3.11. The van der Waals surface area contributed by atoms with Crippen LogP contribution >= 0.6 is 0 Å². The molecule has 2 aliphatic rings. The number of carbonyl (C=O) groups excluding carboxylic acids is 1. The van der Waals surface area contributed by atoms with Crippen molar-refractivity contribution in [2.24, 2.45) is 0 Å². The van der Waals surface area contributed by atoms with Gasteiger partial charge in [0.15, 0.2) is 11.5 Å². The summed E-state index contributed by atoms with van der Waals surface area (Å²) in [7, 11) is 0. The monoisotopic (exact) mass is 354 g/mol. The van der Waals surface area contributed by atoms with E-state index in [0.717, 1.165) is 24.2 Å². The van der Waals surface area contributed by atoms with Crippen LogP contribution in [0.15, 0.2) is 22.9 Å². The molecule has 0 radical (unpaired) electrons. The maximum Gasteiger partial charge on any atom is 0.258 e.